The van der Waals surface area contributed by atoms with Crippen LogP contribution in [0.15, 0.2) is 28.3 Å². The molecule has 0 saturated carbocycles. The number of amides is 1. The van der Waals surface area contributed by atoms with Crippen molar-refractivity contribution in [2.75, 3.05) is 26.5 Å². The van der Waals surface area contributed by atoms with Gasteiger partial charge in [-0.2, -0.15) is 0 Å². The summed E-state index contributed by atoms with van der Waals surface area (Å²) < 4.78 is 9.67. The van der Waals surface area contributed by atoms with Gasteiger partial charge in [0.1, 0.15) is 5.75 Å². The average Bonchev–Trinajstić information content (AvgIpc) is 3.02. The lowest BCUT2D eigenvalue weighted by molar-refractivity contribution is -0.129. The van der Waals surface area contributed by atoms with E-state index in [1.165, 1.54) is 11.9 Å². The summed E-state index contributed by atoms with van der Waals surface area (Å²) in [4.78, 5) is 14.0. The molecule has 0 bridgehead atoms. The number of carbonyl (C=O) groups excluding carboxylic acids is 1. The van der Waals surface area contributed by atoms with E-state index in [-0.39, 0.29) is 24.4 Å². The van der Waals surface area contributed by atoms with Crippen LogP contribution in [0.2, 0.25) is 10.0 Å². The molecule has 5 nitrogen and oxygen atoms in total. The van der Waals surface area contributed by atoms with E-state index in [1.807, 2.05) is 18.5 Å². The van der Waals surface area contributed by atoms with Gasteiger partial charge in [-0.05, 0) is 24.1 Å². The number of rotatable bonds is 4. The van der Waals surface area contributed by atoms with Crippen LogP contribution in [-0.4, -0.2) is 49.5 Å². The number of fused-ring (bicyclic) bond motifs is 1. The Balaban J connectivity index is 2.00. The van der Waals surface area contributed by atoms with Gasteiger partial charge in [0.05, 0.1) is 29.7 Å². The predicted octanol–water partition coefficient (Wildman–Crippen LogP) is 3.13. The lowest BCUT2D eigenvalue weighted by atomic mass is 9.98. The number of hydrogen-bond acceptors (Lipinski definition) is 5. The molecule has 1 fully saturated rings. The molecule has 24 heavy (non-hydrogen) atoms. The Morgan fingerprint density at radius 3 is 2.96 bits per heavy atom. The summed E-state index contributed by atoms with van der Waals surface area (Å²) in [6.45, 7) is 0.811. The van der Waals surface area contributed by atoms with Crippen molar-refractivity contribution in [3.8, 4) is 5.75 Å². The third-order valence-electron chi connectivity index (χ3n) is 4.15. The molecule has 3 rings (SSSR count). The second kappa shape index (κ2) is 7.35. The van der Waals surface area contributed by atoms with Gasteiger partial charge >= 0.3 is 0 Å². The first-order valence-corrected chi connectivity index (χ1v) is 9.34. The van der Waals surface area contributed by atoms with Crippen molar-refractivity contribution in [3.63, 3.8) is 0 Å². The minimum atomic E-state index is -0.0934. The SMILES string of the molecule is COc1ccc(Cl)c(Cl)c1[C@H]1C=C2C(C=NSC)NCC(=O)N2C1. The smallest absolute Gasteiger partial charge is 0.240 e. The molecule has 1 unspecified atom stereocenters. The van der Waals surface area contributed by atoms with Gasteiger partial charge < -0.3 is 9.64 Å². The number of halogens is 2. The fourth-order valence-electron chi connectivity index (χ4n) is 3.06. The Morgan fingerprint density at radius 2 is 2.25 bits per heavy atom. The van der Waals surface area contributed by atoms with Gasteiger partial charge in [0, 0.05) is 36.2 Å². The van der Waals surface area contributed by atoms with Crippen LogP contribution >= 0.6 is 35.1 Å². The summed E-state index contributed by atoms with van der Waals surface area (Å²) in [5.74, 6) is 0.630. The maximum Gasteiger partial charge on any atom is 0.240 e. The average molecular weight is 386 g/mol. The number of nitrogens with zero attached hydrogens (tertiary/aromatic N) is 2. The van der Waals surface area contributed by atoms with Crippen LogP contribution in [0.1, 0.15) is 11.5 Å². The van der Waals surface area contributed by atoms with E-state index in [9.17, 15) is 4.79 Å². The van der Waals surface area contributed by atoms with E-state index in [1.54, 1.807) is 24.1 Å². The van der Waals surface area contributed by atoms with Crippen LogP contribution in [0, 0.1) is 0 Å². The van der Waals surface area contributed by atoms with Crippen LogP contribution in [0.25, 0.3) is 0 Å². The Bertz CT molecular complexity index is 724. The summed E-state index contributed by atoms with van der Waals surface area (Å²) in [7, 11) is 1.60. The highest BCUT2D eigenvalue weighted by atomic mass is 35.5. The summed E-state index contributed by atoms with van der Waals surface area (Å²) in [6, 6.07) is 3.41. The van der Waals surface area contributed by atoms with E-state index < -0.39 is 0 Å². The molecule has 1 N–H and O–H groups in total. The summed E-state index contributed by atoms with van der Waals surface area (Å²) in [6.07, 6.45) is 5.75. The molecule has 1 saturated heterocycles. The molecule has 128 valence electrons. The molecule has 0 radical (unpaired) electrons. The van der Waals surface area contributed by atoms with Crippen molar-refractivity contribution in [2.24, 2.45) is 4.40 Å². The van der Waals surface area contributed by atoms with Crippen molar-refractivity contribution < 1.29 is 9.53 Å². The standard InChI is InChI=1S/C16H17Cl2N3O2S/c1-23-13-4-3-10(17)16(18)15(13)9-5-12-11(6-20-24-2)19-7-14(22)21(12)8-9/h3-6,9,11,19H,7-8H2,1-2H3/t9-,11?/m0/s1. The van der Waals surface area contributed by atoms with Crippen LogP contribution in [0.5, 0.6) is 5.75 Å². The molecule has 1 aromatic rings. The van der Waals surface area contributed by atoms with E-state index in [2.05, 4.69) is 9.71 Å². The van der Waals surface area contributed by atoms with Crippen molar-refractivity contribution >= 4 is 47.3 Å². The fourth-order valence-corrected chi connectivity index (χ4v) is 3.77. The van der Waals surface area contributed by atoms with Crippen molar-refractivity contribution in [3.05, 3.63) is 39.5 Å². The minimum absolute atomic E-state index is 0.0367. The molecular weight excluding hydrogens is 369 g/mol. The van der Waals surface area contributed by atoms with Crippen molar-refractivity contribution in [2.45, 2.75) is 12.0 Å². The number of methoxy groups -OCH3 is 1. The Morgan fingerprint density at radius 1 is 1.46 bits per heavy atom. The third kappa shape index (κ3) is 3.16. The second-order valence-electron chi connectivity index (χ2n) is 5.48. The zero-order chi connectivity index (χ0) is 17.3. The molecule has 2 aliphatic rings. The lowest BCUT2D eigenvalue weighted by Gasteiger charge is -2.31. The first-order chi connectivity index (χ1) is 11.6. The molecule has 1 amide bonds. The normalized spacial score (nSPS) is 23.6. The number of carbonyl (C=O) groups is 1. The van der Waals surface area contributed by atoms with E-state index in [0.717, 1.165) is 11.3 Å². The molecule has 2 heterocycles. The molecule has 0 spiro atoms. The van der Waals surface area contributed by atoms with E-state index in [4.69, 9.17) is 27.9 Å². The highest BCUT2D eigenvalue weighted by Crippen LogP contribution is 2.42. The van der Waals surface area contributed by atoms with Gasteiger partial charge in [-0.1, -0.05) is 29.3 Å². The summed E-state index contributed by atoms with van der Waals surface area (Å²) in [5.41, 5.74) is 1.70. The van der Waals surface area contributed by atoms with Gasteiger partial charge in [0.2, 0.25) is 5.91 Å². The van der Waals surface area contributed by atoms with Gasteiger partial charge in [-0.25, -0.2) is 4.40 Å². The maximum atomic E-state index is 12.3. The molecule has 2 aliphatic heterocycles. The third-order valence-corrected chi connectivity index (χ3v) is 5.31. The van der Waals surface area contributed by atoms with Gasteiger partial charge in [-0.15, -0.1) is 0 Å². The van der Waals surface area contributed by atoms with Crippen LogP contribution < -0.4 is 10.1 Å². The number of benzene rings is 1. The topological polar surface area (TPSA) is 53.9 Å². The molecule has 1 aromatic carbocycles. The number of ether oxygens (including phenoxy) is 1. The van der Waals surface area contributed by atoms with E-state index in [0.29, 0.717) is 22.3 Å². The summed E-state index contributed by atoms with van der Waals surface area (Å²) in [5, 5.41) is 4.13. The molecule has 2 atom stereocenters. The highest BCUT2D eigenvalue weighted by molar-refractivity contribution is 7.97. The predicted molar refractivity (Wildman–Crippen MR) is 99.3 cm³/mol. The lowest BCUT2D eigenvalue weighted by Crippen LogP contribution is -2.51. The van der Waals surface area contributed by atoms with Crippen LogP contribution in [-0.2, 0) is 4.79 Å². The van der Waals surface area contributed by atoms with Crippen molar-refractivity contribution in [1.82, 2.24) is 10.2 Å². The summed E-state index contributed by atoms with van der Waals surface area (Å²) >= 11 is 14.0. The second-order valence-corrected chi connectivity index (χ2v) is 6.84. The molecule has 0 aliphatic carbocycles. The monoisotopic (exact) mass is 385 g/mol. The van der Waals surface area contributed by atoms with Gasteiger partial charge in [0.15, 0.2) is 0 Å². The largest absolute Gasteiger partial charge is 0.496 e. The maximum absolute atomic E-state index is 12.3. The van der Waals surface area contributed by atoms with Gasteiger partial charge in [0.25, 0.3) is 0 Å². The zero-order valence-electron chi connectivity index (χ0n) is 13.3. The fraction of sp³-hybridized carbons (Fsp3) is 0.375. The Hall–Kier alpha value is -1.21. The number of hydrogen-bond donors (Lipinski definition) is 1. The quantitative estimate of drug-likeness (QED) is 0.638. The van der Waals surface area contributed by atoms with Crippen LogP contribution in [0.4, 0.5) is 0 Å². The van der Waals surface area contributed by atoms with E-state index >= 15 is 0 Å². The van der Waals surface area contributed by atoms with Crippen molar-refractivity contribution in [1.29, 1.82) is 0 Å². The number of nitrogens with one attached hydrogen (secondary N) is 1. The molecular formula is C16H17Cl2N3O2S. The first kappa shape index (κ1) is 17.6. The number of piperazine rings is 1. The molecule has 8 heteroatoms. The zero-order valence-corrected chi connectivity index (χ0v) is 15.6. The first-order valence-electron chi connectivity index (χ1n) is 7.40. The Kier molecular flexibility index (Phi) is 5.39. The van der Waals surface area contributed by atoms with Gasteiger partial charge in [-0.3, -0.25) is 10.1 Å². The highest BCUT2D eigenvalue weighted by Gasteiger charge is 2.37. The van der Waals surface area contributed by atoms with Crippen LogP contribution in [0.3, 0.4) is 0 Å². The Labute approximate surface area is 155 Å². The molecule has 0 aromatic heterocycles. The minimum Gasteiger partial charge on any atom is -0.496 e.